The highest BCUT2D eigenvalue weighted by Gasteiger charge is 2.29. The highest BCUT2D eigenvalue weighted by atomic mass is 16.2. The summed E-state index contributed by atoms with van der Waals surface area (Å²) in [6.07, 6.45) is 3.94. The Morgan fingerprint density at radius 1 is 1.29 bits per heavy atom. The predicted octanol–water partition coefficient (Wildman–Crippen LogP) is -1.23. The Balaban J connectivity index is 1.62. The second-order valence-corrected chi connectivity index (χ2v) is 6.89. The van der Waals surface area contributed by atoms with Gasteiger partial charge in [-0.2, -0.15) is 0 Å². The first kappa shape index (κ1) is 18.0. The van der Waals surface area contributed by atoms with Gasteiger partial charge in [-0.15, -0.1) is 5.10 Å². The Morgan fingerprint density at radius 3 is 2.79 bits per heavy atom. The Morgan fingerprint density at radius 2 is 2.07 bits per heavy atom. The maximum absolute atomic E-state index is 12.9. The summed E-state index contributed by atoms with van der Waals surface area (Å²) < 4.78 is 4.03. The van der Waals surface area contributed by atoms with Crippen LogP contribution in [0.15, 0.2) is 28.0 Å². The van der Waals surface area contributed by atoms with Gasteiger partial charge in [-0.05, 0) is 12.5 Å². The lowest BCUT2D eigenvalue weighted by molar-refractivity contribution is 0.0786. The number of amides is 1. The van der Waals surface area contributed by atoms with Crippen molar-refractivity contribution in [2.75, 3.05) is 13.1 Å². The van der Waals surface area contributed by atoms with E-state index in [0.717, 1.165) is 11.0 Å². The van der Waals surface area contributed by atoms with E-state index in [9.17, 15) is 14.4 Å². The molecule has 0 radical (unpaired) electrons. The maximum atomic E-state index is 12.9. The van der Waals surface area contributed by atoms with Crippen LogP contribution in [0, 0.1) is 0 Å². The quantitative estimate of drug-likeness (QED) is 0.597. The molecule has 1 aliphatic heterocycles. The summed E-state index contributed by atoms with van der Waals surface area (Å²) in [6.45, 7) is 1.36. The number of aryl methyl sites for hydroxylation is 1. The summed E-state index contributed by atoms with van der Waals surface area (Å²) in [5.41, 5.74) is 5.89. The first-order valence-corrected chi connectivity index (χ1v) is 8.86. The van der Waals surface area contributed by atoms with Crippen LogP contribution in [-0.2, 0) is 20.6 Å². The molecular formula is C17H20N8O3. The number of pyridine rings is 1. The van der Waals surface area contributed by atoms with E-state index in [4.69, 9.17) is 5.73 Å². The van der Waals surface area contributed by atoms with Crippen LogP contribution in [0.4, 0.5) is 0 Å². The van der Waals surface area contributed by atoms with E-state index in [2.05, 4.69) is 15.3 Å². The molecule has 0 aliphatic carbocycles. The molecule has 146 valence electrons. The van der Waals surface area contributed by atoms with Gasteiger partial charge < -0.3 is 10.6 Å². The predicted molar refractivity (Wildman–Crippen MR) is 99.7 cm³/mol. The number of carbonyl (C=O) groups is 1. The van der Waals surface area contributed by atoms with E-state index in [1.54, 1.807) is 15.8 Å². The lowest BCUT2D eigenvalue weighted by Crippen LogP contribution is -2.37. The fourth-order valence-electron chi connectivity index (χ4n) is 3.49. The van der Waals surface area contributed by atoms with Crippen LogP contribution in [0.2, 0.25) is 0 Å². The van der Waals surface area contributed by atoms with Crippen molar-refractivity contribution in [1.29, 1.82) is 0 Å². The number of rotatable bonds is 3. The molecule has 3 aromatic rings. The third kappa shape index (κ3) is 2.80. The van der Waals surface area contributed by atoms with Crippen molar-refractivity contribution in [3.05, 3.63) is 50.6 Å². The molecule has 1 saturated heterocycles. The largest absolute Gasteiger partial charge is 0.336 e. The number of aromatic nitrogens is 6. The molecule has 0 aromatic carbocycles. The number of fused-ring (bicyclic) bond motifs is 1. The lowest BCUT2D eigenvalue weighted by Gasteiger charge is -2.17. The molecule has 1 amide bonds. The summed E-state index contributed by atoms with van der Waals surface area (Å²) in [4.78, 5) is 43.2. The zero-order valence-corrected chi connectivity index (χ0v) is 15.6. The standard InChI is InChI=1S/C17H20N8O3/c1-22-14-13(16(27)23(2)17(22)28)5-10(7-19-14)15(26)24-4-3-12(9-24)25-8-11(6-18)20-21-25/h5,7-8,12H,3-4,6,9,18H2,1-2H3. The zero-order valence-electron chi connectivity index (χ0n) is 15.6. The van der Waals surface area contributed by atoms with Crippen LogP contribution >= 0.6 is 0 Å². The van der Waals surface area contributed by atoms with Crippen molar-refractivity contribution in [3.8, 4) is 0 Å². The Labute approximate surface area is 159 Å². The second kappa shape index (κ2) is 6.68. The molecule has 11 nitrogen and oxygen atoms in total. The molecule has 0 saturated carbocycles. The van der Waals surface area contributed by atoms with Crippen LogP contribution in [0.3, 0.4) is 0 Å². The summed E-state index contributed by atoms with van der Waals surface area (Å²) in [5, 5.41) is 8.29. The minimum absolute atomic E-state index is 0.0267. The van der Waals surface area contributed by atoms with E-state index in [0.29, 0.717) is 30.9 Å². The number of nitrogens with zero attached hydrogens (tertiary/aromatic N) is 7. The number of hydrogen-bond donors (Lipinski definition) is 1. The molecule has 1 atom stereocenters. The molecule has 0 spiro atoms. The summed E-state index contributed by atoms with van der Waals surface area (Å²) in [5.74, 6) is -0.216. The van der Waals surface area contributed by atoms with Crippen molar-refractivity contribution in [3.63, 3.8) is 0 Å². The number of hydrogen-bond acceptors (Lipinski definition) is 7. The monoisotopic (exact) mass is 384 g/mol. The van der Waals surface area contributed by atoms with Crippen molar-refractivity contribution in [2.24, 2.45) is 19.8 Å². The summed E-state index contributed by atoms with van der Waals surface area (Å²) in [6, 6.07) is 1.53. The SMILES string of the molecule is Cn1c(=O)c2cc(C(=O)N3CCC(n4cc(CN)nn4)C3)cnc2n(C)c1=O. The van der Waals surface area contributed by atoms with Gasteiger partial charge in [0.25, 0.3) is 11.5 Å². The van der Waals surface area contributed by atoms with Gasteiger partial charge in [0.2, 0.25) is 0 Å². The fraction of sp³-hybridized carbons (Fsp3) is 0.412. The van der Waals surface area contributed by atoms with Crippen LogP contribution in [0.1, 0.15) is 28.5 Å². The molecular weight excluding hydrogens is 364 g/mol. The first-order valence-electron chi connectivity index (χ1n) is 8.86. The van der Waals surface area contributed by atoms with E-state index in [-0.39, 0.29) is 23.0 Å². The van der Waals surface area contributed by atoms with Gasteiger partial charge in [-0.1, -0.05) is 5.21 Å². The molecule has 1 aliphatic rings. The van der Waals surface area contributed by atoms with Crippen molar-refractivity contribution in [2.45, 2.75) is 19.0 Å². The molecule has 4 rings (SSSR count). The smallest absolute Gasteiger partial charge is 0.332 e. The van der Waals surface area contributed by atoms with Crippen molar-refractivity contribution < 1.29 is 4.79 Å². The van der Waals surface area contributed by atoms with Crippen molar-refractivity contribution in [1.82, 2.24) is 34.0 Å². The summed E-state index contributed by atoms with van der Waals surface area (Å²) >= 11 is 0. The van der Waals surface area contributed by atoms with Crippen LogP contribution in [0.25, 0.3) is 11.0 Å². The van der Waals surface area contributed by atoms with Crippen LogP contribution in [0.5, 0.6) is 0 Å². The highest BCUT2D eigenvalue weighted by molar-refractivity contribution is 5.96. The van der Waals surface area contributed by atoms with E-state index in [1.807, 2.05) is 0 Å². The topological polar surface area (TPSA) is 134 Å². The third-order valence-corrected chi connectivity index (χ3v) is 5.13. The van der Waals surface area contributed by atoms with Gasteiger partial charge in [0.15, 0.2) is 0 Å². The Bertz CT molecular complexity index is 1190. The third-order valence-electron chi connectivity index (χ3n) is 5.13. The fourth-order valence-corrected chi connectivity index (χ4v) is 3.49. The Hall–Kier alpha value is -3.34. The van der Waals surface area contributed by atoms with Gasteiger partial charge in [0.1, 0.15) is 5.65 Å². The van der Waals surface area contributed by atoms with Crippen molar-refractivity contribution >= 4 is 16.9 Å². The van der Waals surface area contributed by atoms with Crippen LogP contribution in [-0.4, -0.2) is 53.0 Å². The van der Waals surface area contributed by atoms with Gasteiger partial charge in [-0.25, -0.2) is 14.5 Å². The number of carbonyl (C=O) groups excluding carboxylic acids is 1. The molecule has 2 N–H and O–H groups in total. The first-order chi connectivity index (χ1) is 13.4. The Kier molecular flexibility index (Phi) is 4.30. The van der Waals surface area contributed by atoms with Gasteiger partial charge in [0.05, 0.1) is 28.9 Å². The minimum atomic E-state index is -0.475. The molecule has 0 bridgehead atoms. The minimum Gasteiger partial charge on any atom is -0.336 e. The average molecular weight is 384 g/mol. The van der Waals surface area contributed by atoms with E-state index in [1.165, 1.54) is 30.9 Å². The molecule has 4 heterocycles. The normalized spacial score (nSPS) is 16.8. The lowest BCUT2D eigenvalue weighted by atomic mass is 10.2. The molecule has 28 heavy (non-hydrogen) atoms. The van der Waals surface area contributed by atoms with Gasteiger partial charge in [-0.3, -0.25) is 18.7 Å². The summed E-state index contributed by atoms with van der Waals surface area (Å²) in [7, 11) is 2.94. The van der Waals surface area contributed by atoms with Crippen LogP contribution < -0.4 is 17.0 Å². The maximum Gasteiger partial charge on any atom is 0.332 e. The molecule has 3 aromatic heterocycles. The number of nitrogens with two attached hydrogens (primary N) is 1. The van der Waals surface area contributed by atoms with Gasteiger partial charge in [0, 0.05) is 39.9 Å². The van der Waals surface area contributed by atoms with E-state index >= 15 is 0 Å². The average Bonchev–Trinajstić information content (AvgIpc) is 3.38. The zero-order chi connectivity index (χ0) is 20.0. The molecule has 1 fully saturated rings. The number of likely N-dealkylation sites (tertiary alicyclic amines) is 1. The highest BCUT2D eigenvalue weighted by Crippen LogP contribution is 2.23. The van der Waals surface area contributed by atoms with Gasteiger partial charge >= 0.3 is 5.69 Å². The second-order valence-electron chi connectivity index (χ2n) is 6.89. The van der Waals surface area contributed by atoms with E-state index < -0.39 is 11.2 Å². The molecule has 1 unspecified atom stereocenters. The molecule has 11 heteroatoms.